The van der Waals surface area contributed by atoms with Crippen molar-refractivity contribution in [1.82, 2.24) is 0 Å². The second-order valence-electron chi connectivity index (χ2n) is 6.90. The summed E-state index contributed by atoms with van der Waals surface area (Å²) in [7, 11) is 0. The van der Waals surface area contributed by atoms with E-state index in [4.69, 9.17) is 13.9 Å². The Morgan fingerprint density at radius 1 is 1.00 bits per heavy atom. The number of benzene rings is 3. The minimum absolute atomic E-state index is 0.0803. The number of nitro groups is 1. The molecule has 160 valence electrons. The van der Waals surface area contributed by atoms with Crippen LogP contribution >= 0.6 is 0 Å². The average molecular weight is 431 g/mol. The van der Waals surface area contributed by atoms with E-state index in [9.17, 15) is 19.7 Å². The zero-order chi connectivity index (χ0) is 22.7. The van der Waals surface area contributed by atoms with Gasteiger partial charge in [0.25, 0.3) is 5.69 Å². The Labute approximate surface area is 181 Å². The van der Waals surface area contributed by atoms with Crippen LogP contribution in [0.15, 0.2) is 82.0 Å². The minimum Gasteiger partial charge on any atom is -0.482 e. The number of rotatable bonds is 6. The number of non-ortho nitro benzene ring substituents is 1. The van der Waals surface area contributed by atoms with E-state index in [1.165, 1.54) is 36.4 Å². The maximum atomic E-state index is 13.0. The van der Waals surface area contributed by atoms with Gasteiger partial charge < -0.3 is 13.9 Å². The molecule has 0 spiro atoms. The van der Waals surface area contributed by atoms with Crippen molar-refractivity contribution in [2.24, 2.45) is 0 Å². The maximum absolute atomic E-state index is 13.0. The topological polar surface area (TPSA) is 109 Å². The van der Waals surface area contributed by atoms with Gasteiger partial charge in [-0.05, 0) is 36.8 Å². The number of carbonyl (C=O) groups is 1. The smallest absolute Gasteiger partial charge is 0.349 e. The highest BCUT2D eigenvalue weighted by molar-refractivity contribution is 5.84. The normalized spacial score (nSPS) is 10.7. The molecule has 32 heavy (non-hydrogen) atoms. The van der Waals surface area contributed by atoms with Gasteiger partial charge in [-0.25, -0.2) is 4.79 Å². The van der Waals surface area contributed by atoms with Crippen molar-refractivity contribution >= 4 is 22.6 Å². The van der Waals surface area contributed by atoms with Crippen molar-refractivity contribution in [2.45, 2.75) is 6.92 Å². The molecule has 0 unspecified atom stereocenters. The van der Waals surface area contributed by atoms with Gasteiger partial charge in [-0.1, -0.05) is 30.3 Å². The molecule has 4 rings (SSSR count). The van der Waals surface area contributed by atoms with Gasteiger partial charge in [-0.3, -0.25) is 14.9 Å². The highest BCUT2D eigenvalue weighted by atomic mass is 16.6. The van der Waals surface area contributed by atoms with Crippen LogP contribution in [0.3, 0.4) is 0 Å². The SMILES string of the molecule is Cc1oc2cc(OC(=O)COc3ccc([N+](=O)[O-])cc3)ccc2c(=O)c1-c1ccccc1. The Bertz CT molecular complexity index is 1360. The van der Waals surface area contributed by atoms with Gasteiger partial charge in [-0.2, -0.15) is 0 Å². The van der Waals surface area contributed by atoms with Crippen LogP contribution < -0.4 is 14.9 Å². The second kappa shape index (κ2) is 8.73. The number of hydrogen-bond donors (Lipinski definition) is 0. The Morgan fingerprint density at radius 2 is 1.69 bits per heavy atom. The third kappa shape index (κ3) is 4.34. The van der Waals surface area contributed by atoms with Crippen molar-refractivity contribution in [2.75, 3.05) is 6.61 Å². The standard InChI is InChI=1S/C24H17NO7/c1-15-23(16-5-3-2-4-6-16)24(27)20-12-11-19(13-21(20)31-15)32-22(26)14-30-18-9-7-17(8-10-18)25(28)29/h2-13H,14H2,1H3. The molecule has 0 amide bonds. The van der Waals surface area contributed by atoms with Crippen molar-refractivity contribution in [1.29, 1.82) is 0 Å². The highest BCUT2D eigenvalue weighted by Gasteiger charge is 2.15. The molecule has 8 heteroatoms. The Hall–Kier alpha value is -4.46. The van der Waals surface area contributed by atoms with Gasteiger partial charge in [0.05, 0.1) is 15.9 Å². The van der Waals surface area contributed by atoms with Crippen LogP contribution in [0.25, 0.3) is 22.1 Å². The van der Waals surface area contributed by atoms with Crippen LogP contribution in [0.1, 0.15) is 5.76 Å². The summed E-state index contributed by atoms with van der Waals surface area (Å²) in [6.07, 6.45) is 0. The molecule has 1 aromatic heterocycles. The fraction of sp³-hybridized carbons (Fsp3) is 0.0833. The molecule has 0 fully saturated rings. The molecule has 0 aliphatic heterocycles. The first-order chi connectivity index (χ1) is 15.4. The second-order valence-corrected chi connectivity index (χ2v) is 6.90. The Morgan fingerprint density at radius 3 is 2.38 bits per heavy atom. The average Bonchev–Trinajstić information content (AvgIpc) is 2.78. The molecular formula is C24H17NO7. The monoisotopic (exact) mass is 431 g/mol. The van der Waals surface area contributed by atoms with E-state index >= 15 is 0 Å². The summed E-state index contributed by atoms with van der Waals surface area (Å²) < 4.78 is 16.4. The Balaban J connectivity index is 1.49. The first-order valence-electron chi connectivity index (χ1n) is 9.63. The summed E-state index contributed by atoms with van der Waals surface area (Å²) >= 11 is 0. The lowest BCUT2D eigenvalue weighted by molar-refractivity contribution is -0.384. The van der Waals surface area contributed by atoms with E-state index in [0.29, 0.717) is 28.0 Å². The molecule has 0 saturated carbocycles. The van der Waals surface area contributed by atoms with Gasteiger partial charge in [0.15, 0.2) is 6.61 Å². The van der Waals surface area contributed by atoms with Crippen molar-refractivity contribution in [3.8, 4) is 22.6 Å². The summed E-state index contributed by atoms with van der Waals surface area (Å²) in [5.74, 6) is 0.271. The molecule has 0 saturated heterocycles. The predicted octanol–water partition coefficient (Wildman–Crippen LogP) is 4.66. The first kappa shape index (κ1) is 20.8. The minimum atomic E-state index is -0.678. The van der Waals surface area contributed by atoms with Crippen LogP contribution in [0.5, 0.6) is 11.5 Å². The van der Waals surface area contributed by atoms with Crippen LogP contribution in [0.2, 0.25) is 0 Å². The largest absolute Gasteiger partial charge is 0.482 e. The summed E-state index contributed by atoms with van der Waals surface area (Å²) in [6.45, 7) is 1.31. The third-order valence-corrected chi connectivity index (χ3v) is 4.74. The van der Waals surface area contributed by atoms with Gasteiger partial charge in [-0.15, -0.1) is 0 Å². The summed E-state index contributed by atoms with van der Waals surface area (Å²) in [5.41, 5.74) is 1.30. The fourth-order valence-electron chi connectivity index (χ4n) is 3.26. The quantitative estimate of drug-likeness (QED) is 0.189. The lowest BCUT2D eigenvalue weighted by Gasteiger charge is -2.09. The van der Waals surface area contributed by atoms with E-state index in [1.807, 2.05) is 30.3 Å². The number of hydrogen-bond acceptors (Lipinski definition) is 7. The molecule has 0 aliphatic carbocycles. The van der Waals surface area contributed by atoms with Crippen LogP contribution in [0, 0.1) is 17.0 Å². The molecule has 0 atom stereocenters. The van der Waals surface area contributed by atoms with Crippen molar-refractivity contribution in [3.63, 3.8) is 0 Å². The first-order valence-corrected chi connectivity index (χ1v) is 9.63. The lowest BCUT2D eigenvalue weighted by Crippen LogP contribution is -2.17. The molecule has 8 nitrogen and oxygen atoms in total. The predicted molar refractivity (Wildman–Crippen MR) is 117 cm³/mol. The fourth-order valence-corrected chi connectivity index (χ4v) is 3.26. The molecule has 0 radical (unpaired) electrons. The number of nitro benzene ring substituents is 1. The van der Waals surface area contributed by atoms with E-state index in [1.54, 1.807) is 13.0 Å². The number of aryl methyl sites for hydroxylation is 1. The third-order valence-electron chi connectivity index (χ3n) is 4.74. The molecular weight excluding hydrogens is 414 g/mol. The van der Waals surface area contributed by atoms with E-state index in [2.05, 4.69) is 0 Å². The van der Waals surface area contributed by atoms with Gasteiger partial charge >= 0.3 is 5.97 Å². The number of nitrogens with zero attached hydrogens (tertiary/aromatic N) is 1. The number of carbonyl (C=O) groups excluding carboxylic acids is 1. The summed E-state index contributed by atoms with van der Waals surface area (Å²) in [6, 6.07) is 19.1. The molecule has 3 aromatic carbocycles. The Kier molecular flexibility index (Phi) is 5.67. The molecule has 0 bridgehead atoms. The van der Waals surface area contributed by atoms with Crippen LogP contribution in [0.4, 0.5) is 5.69 Å². The van der Waals surface area contributed by atoms with Crippen molar-refractivity contribution in [3.05, 3.63) is 98.9 Å². The summed E-state index contributed by atoms with van der Waals surface area (Å²) in [4.78, 5) is 35.2. The molecule has 4 aromatic rings. The zero-order valence-corrected chi connectivity index (χ0v) is 16.9. The number of ether oxygens (including phenoxy) is 2. The van der Waals surface area contributed by atoms with Gasteiger partial charge in [0, 0.05) is 18.2 Å². The van der Waals surface area contributed by atoms with Crippen LogP contribution in [-0.4, -0.2) is 17.5 Å². The molecule has 1 heterocycles. The van der Waals surface area contributed by atoms with Gasteiger partial charge in [0.2, 0.25) is 5.43 Å². The highest BCUT2D eigenvalue weighted by Crippen LogP contribution is 2.26. The lowest BCUT2D eigenvalue weighted by atomic mass is 10.0. The number of fused-ring (bicyclic) bond motifs is 1. The molecule has 0 N–H and O–H groups in total. The van der Waals surface area contributed by atoms with Gasteiger partial charge in [0.1, 0.15) is 22.8 Å². The number of esters is 1. The van der Waals surface area contributed by atoms with E-state index < -0.39 is 17.5 Å². The van der Waals surface area contributed by atoms with E-state index in [0.717, 1.165) is 5.56 Å². The maximum Gasteiger partial charge on any atom is 0.349 e. The van der Waals surface area contributed by atoms with E-state index in [-0.39, 0.29) is 16.9 Å². The van der Waals surface area contributed by atoms with Crippen molar-refractivity contribution < 1.29 is 23.6 Å². The van der Waals surface area contributed by atoms with Crippen LogP contribution in [-0.2, 0) is 4.79 Å². The zero-order valence-electron chi connectivity index (χ0n) is 16.9. The summed E-state index contributed by atoms with van der Waals surface area (Å²) in [5, 5.41) is 11.0. The molecule has 0 aliphatic rings.